The minimum atomic E-state index is 0.583. The minimum Gasteiger partial charge on any atom is -0.495 e. The normalized spacial score (nSPS) is 10.2. The van der Waals surface area contributed by atoms with E-state index < -0.39 is 0 Å². The molecular weight excluding hydrogens is 320 g/mol. The Kier molecular flexibility index (Phi) is 4.74. The Morgan fingerprint density at radius 1 is 1.10 bits per heavy atom. The third kappa shape index (κ3) is 3.36. The average Bonchev–Trinajstić information content (AvgIpc) is 2.45. The molecule has 0 radical (unpaired) electrons. The van der Waals surface area contributed by atoms with E-state index in [9.17, 15) is 0 Å². The Morgan fingerprint density at radius 2 is 1.75 bits per heavy atom. The quantitative estimate of drug-likeness (QED) is 0.804. The number of nitrogens with two attached hydrogens (primary N) is 1. The molecule has 0 aliphatic rings. The highest BCUT2D eigenvalue weighted by Crippen LogP contribution is 2.31. The summed E-state index contributed by atoms with van der Waals surface area (Å²) in [5, 5.41) is 3.30. The fraction of sp³-hybridized carbons (Fsp3) is 0.200. The van der Waals surface area contributed by atoms with E-state index in [0.717, 1.165) is 21.6 Å². The van der Waals surface area contributed by atoms with E-state index in [0.29, 0.717) is 18.0 Å². The average molecular weight is 337 g/mol. The summed E-state index contributed by atoms with van der Waals surface area (Å²) in [6, 6.07) is 11.4. The number of benzene rings is 2. The van der Waals surface area contributed by atoms with Gasteiger partial charge in [0.25, 0.3) is 0 Å². The maximum atomic E-state index is 5.86. The lowest BCUT2D eigenvalue weighted by atomic mass is 10.2. The van der Waals surface area contributed by atoms with Gasteiger partial charge < -0.3 is 20.5 Å². The van der Waals surface area contributed by atoms with Crippen molar-refractivity contribution >= 4 is 33.0 Å². The first-order valence-corrected chi connectivity index (χ1v) is 7.06. The van der Waals surface area contributed by atoms with Gasteiger partial charge in [0, 0.05) is 23.5 Å². The van der Waals surface area contributed by atoms with Gasteiger partial charge in [-0.05, 0) is 47.1 Å². The highest BCUT2D eigenvalue weighted by molar-refractivity contribution is 9.10. The summed E-state index contributed by atoms with van der Waals surface area (Å²) >= 11 is 3.43. The largest absolute Gasteiger partial charge is 0.495 e. The molecule has 0 fully saturated rings. The maximum Gasteiger partial charge on any atom is 0.144 e. The first-order chi connectivity index (χ1) is 9.63. The van der Waals surface area contributed by atoms with E-state index in [1.807, 2.05) is 43.3 Å². The zero-order valence-electron chi connectivity index (χ0n) is 11.4. The number of nitrogens with one attached hydrogen (secondary N) is 1. The number of methoxy groups -OCH3 is 1. The van der Waals surface area contributed by atoms with Gasteiger partial charge in [-0.3, -0.25) is 0 Å². The first-order valence-electron chi connectivity index (χ1n) is 6.27. The lowest BCUT2D eigenvalue weighted by Gasteiger charge is -2.12. The SMILES string of the molecule is CCOc1cc(Nc2ccc(Br)c(OC)c2)ccc1N. The van der Waals surface area contributed by atoms with Crippen molar-refractivity contribution in [2.75, 3.05) is 24.8 Å². The van der Waals surface area contributed by atoms with E-state index in [2.05, 4.69) is 21.2 Å². The molecule has 0 aromatic heterocycles. The van der Waals surface area contributed by atoms with Crippen LogP contribution in [0, 0.1) is 0 Å². The number of ether oxygens (including phenoxy) is 2. The van der Waals surface area contributed by atoms with Crippen molar-refractivity contribution in [3.8, 4) is 11.5 Å². The standard InChI is InChI=1S/C15H17BrN2O2/c1-3-20-15-9-11(5-7-13(15)17)18-10-4-6-12(16)14(8-10)19-2/h4-9,18H,3,17H2,1-2H3. The minimum absolute atomic E-state index is 0.583. The molecule has 0 unspecified atom stereocenters. The molecule has 20 heavy (non-hydrogen) atoms. The predicted molar refractivity (Wildman–Crippen MR) is 86.0 cm³/mol. The smallest absolute Gasteiger partial charge is 0.144 e. The van der Waals surface area contributed by atoms with Crippen molar-refractivity contribution in [3.63, 3.8) is 0 Å². The Morgan fingerprint density at radius 3 is 2.40 bits per heavy atom. The van der Waals surface area contributed by atoms with Gasteiger partial charge in [-0.1, -0.05) is 0 Å². The van der Waals surface area contributed by atoms with E-state index in [1.54, 1.807) is 7.11 Å². The predicted octanol–water partition coefficient (Wildman–Crippen LogP) is 4.18. The van der Waals surface area contributed by atoms with Gasteiger partial charge in [-0.2, -0.15) is 0 Å². The van der Waals surface area contributed by atoms with Crippen LogP contribution in [-0.2, 0) is 0 Å². The van der Waals surface area contributed by atoms with Crippen LogP contribution in [0.3, 0.4) is 0 Å². The van der Waals surface area contributed by atoms with Gasteiger partial charge in [-0.15, -0.1) is 0 Å². The molecule has 0 aliphatic carbocycles. The second-order valence-corrected chi connectivity index (χ2v) is 5.01. The summed E-state index contributed by atoms with van der Waals surface area (Å²) in [6.45, 7) is 2.51. The van der Waals surface area contributed by atoms with Crippen molar-refractivity contribution in [3.05, 3.63) is 40.9 Å². The summed E-state index contributed by atoms with van der Waals surface area (Å²) in [4.78, 5) is 0. The highest BCUT2D eigenvalue weighted by atomic mass is 79.9. The fourth-order valence-electron chi connectivity index (χ4n) is 1.80. The Balaban J connectivity index is 2.23. The Hall–Kier alpha value is -1.88. The molecule has 0 atom stereocenters. The summed E-state index contributed by atoms with van der Waals surface area (Å²) in [7, 11) is 1.64. The number of nitrogen functional groups attached to an aromatic ring is 1. The Labute approximate surface area is 127 Å². The summed E-state index contributed by atoms with van der Waals surface area (Å²) < 4.78 is 11.7. The van der Waals surface area contributed by atoms with Crippen molar-refractivity contribution in [2.24, 2.45) is 0 Å². The highest BCUT2D eigenvalue weighted by Gasteiger charge is 2.05. The molecule has 4 nitrogen and oxygen atoms in total. The maximum absolute atomic E-state index is 5.86. The fourth-order valence-corrected chi connectivity index (χ4v) is 2.21. The van der Waals surface area contributed by atoms with Gasteiger partial charge >= 0.3 is 0 Å². The number of anilines is 3. The number of hydrogen-bond donors (Lipinski definition) is 2. The number of halogens is 1. The van der Waals surface area contributed by atoms with Gasteiger partial charge in [-0.25, -0.2) is 0 Å². The van der Waals surface area contributed by atoms with E-state index >= 15 is 0 Å². The summed E-state index contributed by atoms with van der Waals surface area (Å²) in [5.74, 6) is 1.46. The number of hydrogen-bond acceptors (Lipinski definition) is 4. The lowest BCUT2D eigenvalue weighted by molar-refractivity contribution is 0.342. The number of rotatable bonds is 5. The second kappa shape index (κ2) is 6.52. The molecule has 106 valence electrons. The Bertz CT molecular complexity index is 602. The van der Waals surface area contributed by atoms with Gasteiger partial charge in [0.2, 0.25) is 0 Å². The molecule has 0 heterocycles. The van der Waals surface area contributed by atoms with Crippen LogP contribution >= 0.6 is 15.9 Å². The van der Waals surface area contributed by atoms with Crippen LogP contribution in [0.5, 0.6) is 11.5 Å². The van der Waals surface area contributed by atoms with Crippen LogP contribution in [-0.4, -0.2) is 13.7 Å². The molecule has 2 rings (SSSR count). The van der Waals surface area contributed by atoms with E-state index in [1.165, 1.54) is 0 Å². The zero-order valence-corrected chi connectivity index (χ0v) is 13.0. The van der Waals surface area contributed by atoms with Crippen LogP contribution < -0.4 is 20.5 Å². The third-order valence-corrected chi connectivity index (χ3v) is 3.41. The zero-order chi connectivity index (χ0) is 14.5. The van der Waals surface area contributed by atoms with Crippen molar-refractivity contribution in [1.82, 2.24) is 0 Å². The van der Waals surface area contributed by atoms with Crippen LogP contribution in [0.4, 0.5) is 17.1 Å². The lowest BCUT2D eigenvalue weighted by Crippen LogP contribution is -1.98. The molecule has 0 saturated carbocycles. The van der Waals surface area contributed by atoms with Crippen molar-refractivity contribution in [2.45, 2.75) is 6.92 Å². The van der Waals surface area contributed by atoms with Crippen LogP contribution in [0.25, 0.3) is 0 Å². The van der Waals surface area contributed by atoms with Crippen LogP contribution in [0.15, 0.2) is 40.9 Å². The van der Waals surface area contributed by atoms with E-state index in [4.69, 9.17) is 15.2 Å². The van der Waals surface area contributed by atoms with Crippen LogP contribution in [0.2, 0.25) is 0 Å². The molecule has 2 aromatic carbocycles. The summed E-state index contributed by atoms with van der Waals surface area (Å²) in [5.41, 5.74) is 8.32. The third-order valence-electron chi connectivity index (χ3n) is 2.75. The molecule has 0 saturated heterocycles. The molecule has 0 amide bonds. The van der Waals surface area contributed by atoms with Gasteiger partial charge in [0.1, 0.15) is 11.5 Å². The first kappa shape index (κ1) is 14.5. The molecule has 5 heteroatoms. The summed E-state index contributed by atoms with van der Waals surface area (Å²) in [6.07, 6.45) is 0. The topological polar surface area (TPSA) is 56.5 Å². The van der Waals surface area contributed by atoms with Crippen molar-refractivity contribution < 1.29 is 9.47 Å². The second-order valence-electron chi connectivity index (χ2n) is 4.16. The molecule has 0 aliphatic heterocycles. The van der Waals surface area contributed by atoms with Crippen LogP contribution in [0.1, 0.15) is 6.92 Å². The van der Waals surface area contributed by atoms with Gasteiger partial charge in [0.05, 0.1) is 23.9 Å². The van der Waals surface area contributed by atoms with E-state index in [-0.39, 0.29) is 0 Å². The molecular formula is C15H17BrN2O2. The van der Waals surface area contributed by atoms with Crippen molar-refractivity contribution in [1.29, 1.82) is 0 Å². The molecule has 0 bridgehead atoms. The molecule has 2 aromatic rings. The van der Waals surface area contributed by atoms with Gasteiger partial charge in [0.15, 0.2) is 0 Å². The molecule has 0 spiro atoms. The molecule has 3 N–H and O–H groups in total. The monoisotopic (exact) mass is 336 g/mol.